The highest BCUT2D eigenvalue weighted by Crippen LogP contribution is 2.26. The van der Waals surface area contributed by atoms with E-state index in [2.05, 4.69) is 29.4 Å². The van der Waals surface area contributed by atoms with Crippen molar-refractivity contribution in [1.82, 2.24) is 10.2 Å². The summed E-state index contributed by atoms with van der Waals surface area (Å²) in [5.74, 6) is 1.70. The third kappa shape index (κ3) is 5.21. The molecule has 0 saturated heterocycles. The predicted molar refractivity (Wildman–Crippen MR) is 125 cm³/mol. The summed E-state index contributed by atoms with van der Waals surface area (Å²) in [6.45, 7) is 6.21. The van der Waals surface area contributed by atoms with Crippen LogP contribution in [0.1, 0.15) is 30.9 Å². The zero-order chi connectivity index (χ0) is 22.5. The Bertz CT molecular complexity index is 1200. The van der Waals surface area contributed by atoms with Crippen LogP contribution >= 0.6 is 0 Å². The third-order valence-corrected chi connectivity index (χ3v) is 5.03. The molecule has 0 atom stereocenters. The van der Waals surface area contributed by atoms with E-state index in [1.54, 1.807) is 12.1 Å². The fourth-order valence-electron chi connectivity index (χ4n) is 3.18. The number of benzene rings is 3. The number of aromatic nitrogens is 2. The molecule has 4 aromatic rings. The summed E-state index contributed by atoms with van der Waals surface area (Å²) in [4.78, 5) is 12.3. The first-order valence-electron chi connectivity index (χ1n) is 10.5. The van der Waals surface area contributed by atoms with Gasteiger partial charge in [0.05, 0.1) is 0 Å². The lowest BCUT2D eigenvalue weighted by Crippen LogP contribution is -2.20. The second-order valence-corrected chi connectivity index (χ2v) is 7.92. The molecule has 1 amide bonds. The minimum atomic E-state index is -0.249. The lowest BCUT2D eigenvalue weighted by Gasteiger charge is -2.10. The van der Waals surface area contributed by atoms with Crippen molar-refractivity contribution in [3.63, 3.8) is 0 Å². The van der Waals surface area contributed by atoms with Crippen molar-refractivity contribution in [1.29, 1.82) is 0 Å². The van der Waals surface area contributed by atoms with Gasteiger partial charge in [-0.25, -0.2) is 0 Å². The zero-order valence-corrected chi connectivity index (χ0v) is 18.3. The Kier molecular flexibility index (Phi) is 6.31. The Balaban J connectivity index is 1.38. The van der Waals surface area contributed by atoms with Crippen molar-refractivity contribution >= 4 is 11.6 Å². The molecule has 1 heterocycles. The van der Waals surface area contributed by atoms with Crippen LogP contribution in [0.4, 0.5) is 5.69 Å². The second kappa shape index (κ2) is 9.47. The third-order valence-electron chi connectivity index (χ3n) is 5.03. The first kappa shape index (κ1) is 21.3. The van der Waals surface area contributed by atoms with Gasteiger partial charge in [-0.1, -0.05) is 49.7 Å². The summed E-state index contributed by atoms with van der Waals surface area (Å²) in [6, 6.07) is 22.9. The number of amides is 1. The van der Waals surface area contributed by atoms with Gasteiger partial charge in [-0.3, -0.25) is 4.79 Å². The summed E-state index contributed by atoms with van der Waals surface area (Å²) in [6.07, 6.45) is 0. The van der Waals surface area contributed by atoms with Gasteiger partial charge in [-0.15, -0.1) is 10.2 Å². The van der Waals surface area contributed by atoms with Crippen LogP contribution < -0.4 is 10.1 Å². The van der Waals surface area contributed by atoms with E-state index in [0.29, 0.717) is 29.1 Å². The molecule has 0 fully saturated rings. The van der Waals surface area contributed by atoms with Crippen LogP contribution in [0.3, 0.4) is 0 Å². The van der Waals surface area contributed by atoms with E-state index < -0.39 is 0 Å². The summed E-state index contributed by atoms with van der Waals surface area (Å²) in [5, 5.41) is 11.1. The molecule has 0 aliphatic heterocycles. The van der Waals surface area contributed by atoms with Gasteiger partial charge in [0, 0.05) is 16.8 Å². The van der Waals surface area contributed by atoms with E-state index in [0.717, 1.165) is 16.7 Å². The summed E-state index contributed by atoms with van der Waals surface area (Å²) in [5.41, 5.74) is 4.59. The SMILES string of the molecule is Cc1ccc(-c2nnc(-c3cccc(NC(=O)COc4ccc(C(C)C)cc4)c3)o2)cc1. The lowest BCUT2D eigenvalue weighted by molar-refractivity contribution is -0.118. The van der Waals surface area contributed by atoms with Crippen LogP contribution in [0, 0.1) is 6.92 Å². The molecule has 0 aliphatic rings. The molecule has 32 heavy (non-hydrogen) atoms. The molecular formula is C26H25N3O3. The van der Waals surface area contributed by atoms with Gasteiger partial charge in [-0.05, 0) is 60.9 Å². The normalized spacial score (nSPS) is 10.9. The largest absolute Gasteiger partial charge is 0.484 e. The Labute approximate surface area is 187 Å². The second-order valence-electron chi connectivity index (χ2n) is 7.92. The van der Waals surface area contributed by atoms with Crippen molar-refractivity contribution in [3.05, 3.63) is 83.9 Å². The lowest BCUT2D eigenvalue weighted by atomic mass is 10.0. The van der Waals surface area contributed by atoms with Gasteiger partial charge >= 0.3 is 0 Å². The average Bonchev–Trinajstić information content (AvgIpc) is 3.29. The highest BCUT2D eigenvalue weighted by Gasteiger charge is 2.12. The molecule has 162 valence electrons. The molecule has 0 aliphatic carbocycles. The van der Waals surface area contributed by atoms with E-state index >= 15 is 0 Å². The van der Waals surface area contributed by atoms with E-state index in [-0.39, 0.29) is 12.5 Å². The van der Waals surface area contributed by atoms with E-state index in [1.165, 1.54) is 5.56 Å². The Morgan fingerprint density at radius 2 is 1.62 bits per heavy atom. The fourth-order valence-corrected chi connectivity index (χ4v) is 3.18. The van der Waals surface area contributed by atoms with Crippen LogP contribution in [0.5, 0.6) is 5.75 Å². The molecule has 0 saturated carbocycles. The molecule has 0 unspecified atom stereocenters. The molecule has 0 radical (unpaired) electrons. The Hall–Kier alpha value is -3.93. The number of ether oxygens (including phenoxy) is 1. The van der Waals surface area contributed by atoms with Crippen LogP contribution in [0.15, 0.2) is 77.2 Å². The molecule has 0 spiro atoms. The number of carbonyl (C=O) groups is 1. The molecule has 0 bridgehead atoms. The van der Waals surface area contributed by atoms with Crippen molar-refractivity contribution in [2.24, 2.45) is 0 Å². The van der Waals surface area contributed by atoms with Gasteiger partial charge in [0.25, 0.3) is 5.91 Å². The Morgan fingerprint density at radius 3 is 2.31 bits per heavy atom. The van der Waals surface area contributed by atoms with E-state index in [9.17, 15) is 4.79 Å². The number of hydrogen-bond acceptors (Lipinski definition) is 5. The molecule has 3 aromatic carbocycles. The van der Waals surface area contributed by atoms with Crippen LogP contribution in [-0.2, 0) is 4.79 Å². The van der Waals surface area contributed by atoms with Crippen LogP contribution in [-0.4, -0.2) is 22.7 Å². The highest BCUT2D eigenvalue weighted by atomic mass is 16.5. The number of rotatable bonds is 7. The highest BCUT2D eigenvalue weighted by molar-refractivity contribution is 5.92. The van der Waals surface area contributed by atoms with Crippen molar-refractivity contribution < 1.29 is 13.9 Å². The molecular weight excluding hydrogens is 402 g/mol. The van der Waals surface area contributed by atoms with E-state index in [4.69, 9.17) is 9.15 Å². The minimum absolute atomic E-state index is 0.0800. The maximum absolute atomic E-state index is 12.3. The summed E-state index contributed by atoms with van der Waals surface area (Å²) in [7, 11) is 0. The number of nitrogens with one attached hydrogen (secondary N) is 1. The fraction of sp³-hybridized carbons (Fsp3) is 0.192. The number of carbonyl (C=O) groups excluding carboxylic acids is 1. The van der Waals surface area contributed by atoms with Crippen molar-refractivity contribution in [3.8, 4) is 28.7 Å². The van der Waals surface area contributed by atoms with Gasteiger partial charge in [0.1, 0.15) is 5.75 Å². The summed E-state index contributed by atoms with van der Waals surface area (Å²) < 4.78 is 11.4. The zero-order valence-electron chi connectivity index (χ0n) is 18.3. The van der Waals surface area contributed by atoms with E-state index in [1.807, 2.05) is 67.6 Å². The number of hydrogen-bond donors (Lipinski definition) is 1. The van der Waals surface area contributed by atoms with Crippen LogP contribution in [0.2, 0.25) is 0 Å². The maximum atomic E-state index is 12.3. The van der Waals surface area contributed by atoms with Crippen LogP contribution in [0.25, 0.3) is 22.9 Å². The number of aryl methyl sites for hydroxylation is 1. The van der Waals surface area contributed by atoms with Gasteiger partial charge in [0.15, 0.2) is 6.61 Å². The quantitative estimate of drug-likeness (QED) is 0.400. The topological polar surface area (TPSA) is 77.2 Å². The maximum Gasteiger partial charge on any atom is 0.262 e. The van der Waals surface area contributed by atoms with Gasteiger partial charge < -0.3 is 14.5 Å². The predicted octanol–water partition coefficient (Wildman–Crippen LogP) is 5.85. The standard InChI is InChI=1S/C26H25N3O3/c1-17(2)19-11-13-23(14-12-19)31-16-24(30)27-22-6-4-5-21(15-22)26-29-28-25(32-26)20-9-7-18(3)8-10-20/h4-15,17H,16H2,1-3H3,(H,27,30). The molecule has 6 heteroatoms. The van der Waals surface area contributed by atoms with Gasteiger partial charge in [0.2, 0.25) is 11.8 Å². The number of anilines is 1. The van der Waals surface area contributed by atoms with Crippen molar-refractivity contribution in [2.45, 2.75) is 26.7 Å². The molecule has 1 aromatic heterocycles. The summed E-state index contributed by atoms with van der Waals surface area (Å²) >= 11 is 0. The minimum Gasteiger partial charge on any atom is -0.484 e. The molecule has 6 nitrogen and oxygen atoms in total. The molecule has 1 N–H and O–H groups in total. The van der Waals surface area contributed by atoms with Gasteiger partial charge in [-0.2, -0.15) is 0 Å². The first-order chi connectivity index (χ1) is 15.5. The smallest absolute Gasteiger partial charge is 0.262 e. The van der Waals surface area contributed by atoms with Crippen molar-refractivity contribution in [2.75, 3.05) is 11.9 Å². The first-order valence-corrected chi connectivity index (χ1v) is 10.5. The Morgan fingerprint density at radius 1 is 0.938 bits per heavy atom. The number of nitrogens with zero attached hydrogens (tertiary/aromatic N) is 2. The molecule has 4 rings (SSSR count). The average molecular weight is 428 g/mol. The monoisotopic (exact) mass is 427 g/mol.